The smallest absolute Gasteiger partial charge is 0.220 e. The standard InChI is InChI=1S/C11H19N3O3S/c1-3-14(11-4-5-12-7-11)18(15,16)8-10-6-9(2)17-13-10/h6,11-12H,3-5,7-8H2,1-2H3. The Bertz CT molecular complexity index is 491. The van der Waals surface area contributed by atoms with Crippen LogP contribution in [-0.2, 0) is 15.8 Å². The molecule has 1 aromatic heterocycles. The van der Waals surface area contributed by atoms with E-state index in [0.717, 1.165) is 19.5 Å². The number of hydrogen-bond acceptors (Lipinski definition) is 5. The van der Waals surface area contributed by atoms with Crippen LogP contribution in [0.1, 0.15) is 24.8 Å². The van der Waals surface area contributed by atoms with Crippen LogP contribution in [0, 0.1) is 6.92 Å². The summed E-state index contributed by atoms with van der Waals surface area (Å²) in [6.45, 7) is 5.71. The molecule has 1 unspecified atom stereocenters. The van der Waals surface area contributed by atoms with Crippen molar-refractivity contribution in [2.75, 3.05) is 19.6 Å². The van der Waals surface area contributed by atoms with E-state index in [0.29, 0.717) is 18.0 Å². The van der Waals surface area contributed by atoms with Crippen molar-refractivity contribution in [1.29, 1.82) is 0 Å². The van der Waals surface area contributed by atoms with E-state index in [9.17, 15) is 8.42 Å². The first-order valence-corrected chi connectivity index (χ1v) is 7.76. The molecule has 7 heteroatoms. The van der Waals surface area contributed by atoms with E-state index in [1.165, 1.54) is 0 Å². The summed E-state index contributed by atoms with van der Waals surface area (Å²) in [6.07, 6.45) is 0.866. The zero-order valence-electron chi connectivity index (χ0n) is 10.7. The fourth-order valence-corrected chi connectivity index (χ4v) is 4.03. The maximum Gasteiger partial charge on any atom is 0.220 e. The fraction of sp³-hybridized carbons (Fsp3) is 0.727. The number of aromatic nitrogens is 1. The van der Waals surface area contributed by atoms with Gasteiger partial charge in [0.1, 0.15) is 17.2 Å². The van der Waals surface area contributed by atoms with Crippen molar-refractivity contribution in [2.45, 2.75) is 32.1 Å². The van der Waals surface area contributed by atoms with E-state index >= 15 is 0 Å². The monoisotopic (exact) mass is 273 g/mol. The van der Waals surface area contributed by atoms with Crippen molar-refractivity contribution < 1.29 is 12.9 Å². The Balaban J connectivity index is 2.12. The second-order valence-electron chi connectivity index (χ2n) is 4.54. The number of likely N-dealkylation sites (N-methyl/N-ethyl adjacent to an activating group) is 1. The van der Waals surface area contributed by atoms with Gasteiger partial charge in [0, 0.05) is 25.2 Å². The Labute approximate surface area is 107 Å². The summed E-state index contributed by atoms with van der Waals surface area (Å²) in [5.74, 6) is 0.542. The number of sulfonamides is 1. The van der Waals surface area contributed by atoms with Gasteiger partial charge in [-0.1, -0.05) is 12.1 Å². The third-order valence-corrected chi connectivity index (χ3v) is 5.05. The van der Waals surface area contributed by atoms with Crippen molar-refractivity contribution in [1.82, 2.24) is 14.8 Å². The Morgan fingerprint density at radius 3 is 2.89 bits per heavy atom. The number of nitrogens with zero attached hydrogens (tertiary/aromatic N) is 2. The summed E-state index contributed by atoms with van der Waals surface area (Å²) in [4.78, 5) is 0. The molecular weight excluding hydrogens is 254 g/mol. The second-order valence-corrected chi connectivity index (χ2v) is 6.46. The highest BCUT2D eigenvalue weighted by atomic mass is 32.2. The first-order valence-electron chi connectivity index (χ1n) is 6.15. The van der Waals surface area contributed by atoms with Crippen LogP contribution >= 0.6 is 0 Å². The molecule has 0 spiro atoms. The maximum atomic E-state index is 12.3. The second kappa shape index (κ2) is 5.38. The van der Waals surface area contributed by atoms with Crippen molar-refractivity contribution in [3.8, 4) is 0 Å². The van der Waals surface area contributed by atoms with Crippen LogP contribution in [-0.4, -0.2) is 43.6 Å². The fourth-order valence-electron chi connectivity index (χ4n) is 2.32. The third-order valence-electron chi connectivity index (χ3n) is 3.12. The van der Waals surface area contributed by atoms with Crippen molar-refractivity contribution >= 4 is 10.0 Å². The summed E-state index contributed by atoms with van der Waals surface area (Å²) in [7, 11) is -3.32. The molecule has 18 heavy (non-hydrogen) atoms. The molecule has 0 aliphatic carbocycles. The number of nitrogens with one attached hydrogen (secondary N) is 1. The summed E-state index contributed by atoms with van der Waals surface area (Å²) < 4.78 is 31.2. The normalized spacial score (nSPS) is 20.7. The Morgan fingerprint density at radius 1 is 1.61 bits per heavy atom. The van der Waals surface area contributed by atoms with Gasteiger partial charge in [-0.3, -0.25) is 0 Å². The zero-order valence-corrected chi connectivity index (χ0v) is 11.5. The van der Waals surface area contributed by atoms with Crippen LogP contribution in [0.25, 0.3) is 0 Å². The van der Waals surface area contributed by atoms with Crippen LogP contribution in [0.3, 0.4) is 0 Å². The van der Waals surface area contributed by atoms with E-state index < -0.39 is 10.0 Å². The zero-order chi connectivity index (χ0) is 13.2. The van der Waals surface area contributed by atoms with Crippen LogP contribution in [0.4, 0.5) is 0 Å². The molecule has 6 nitrogen and oxygen atoms in total. The minimum Gasteiger partial charge on any atom is -0.361 e. The maximum absolute atomic E-state index is 12.3. The molecule has 2 heterocycles. The first-order chi connectivity index (χ1) is 8.53. The molecule has 1 N–H and O–H groups in total. The van der Waals surface area contributed by atoms with Gasteiger partial charge in [-0.15, -0.1) is 0 Å². The molecule has 0 aromatic carbocycles. The summed E-state index contributed by atoms with van der Waals surface area (Å²) in [5.41, 5.74) is 0.469. The average Bonchev–Trinajstić information content (AvgIpc) is 2.90. The van der Waals surface area contributed by atoms with Gasteiger partial charge in [-0.25, -0.2) is 8.42 Å². The summed E-state index contributed by atoms with van der Waals surface area (Å²) >= 11 is 0. The Morgan fingerprint density at radius 2 is 2.39 bits per heavy atom. The van der Waals surface area contributed by atoms with E-state index in [4.69, 9.17) is 4.52 Å². The van der Waals surface area contributed by atoms with E-state index in [-0.39, 0.29) is 11.8 Å². The molecule has 1 atom stereocenters. The number of hydrogen-bond donors (Lipinski definition) is 1. The molecule has 1 saturated heterocycles. The predicted molar refractivity (Wildman–Crippen MR) is 67.5 cm³/mol. The Kier molecular flexibility index (Phi) is 4.04. The highest BCUT2D eigenvalue weighted by Crippen LogP contribution is 2.17. The molecule has 1 aromatic rings. The summed E-state index contributed by atoms with van der Waals surface area (Å²) in [6, 6.07) is 1.73. The molecule has 0 saturated carbocycles. The van der Waals surface area contributed by atoms with E-state index in [1.807, 2.05) is 6.92 Å². The van der Waals surface area contributed by atoms with Crippen LogP contribution in [0.5, 0.6) is 0 Å². The molecule has 0 bridgehead atoms. The molecule has 1 aliphatic rings. The van der Waals surface area contributed by atoms with Gasteiger partial charge >= 0.3 is 0 Å². The molecule has 2 rings (SSSR count). The minimum atomic E-state index is -3.32. The van der Waals surface area contributed by atoms with Gasteiger partial charge in [-0.05, 0) is 19.9 Å². The van der Waals surface area contributed by atoms with Crippen LogP contribution < -0.4 is 5.32 Å². The Hall–Kier alpha value is -0.920. The minimum absolute atomic E-state index is 0.0630. The highest BCUT2D eigenvalue weighted by molar-refractivity contribution is 7.88. The lowest BCUT2D eigenvalue weighted by atomic mass is 10.3. The van der Waals surface area contributed by atoms with Crippen molar-refractivity contribution in [3.63, 3.8) is 0 Å². The molecule has 1 fully saturated rings. The van der Waals surface area contributed by atoms with Crippen LogP contribution in [0.2, 0.25) is 0 Å². The quantitative estimate of drug-likeness (QED) is 0.845. The predicted octanol–water partition coefficient (Wildman–Crippen LogP) is 0.497. The van der Waals surface area contributed by atoms with E-state index in [1.54, 1.807) is 17.3 Å². The lowest BCUT2D eigenvalue weighted by Crippen LogP contribution is -2.41. The number of rotatable bonds is 5. The van der Waals surface area contributed by atoms with Crippen molar-refractivity contribution in [2.24, 2.45) is 0 Å². The lowest BCUT2D eigenvalue weighted by molar-refractivity contribution is 0.346. The van der Waals surface area contributed by atoms with Gasteiger partial charge in [0.2, 0.25) is 10.0 Å². The van der Waals surface area contributed by atoms with Gasteiger partial charge in [0.05, 0.1) is 0 Å². The molecule has 102 valence electrons. The molecule has 1 aliphatic heterocycles. The van der Waals surface area contributed by atoms with Gasteiger partial charge in [-0.2, -0.15) is 4.31 Å². The lowest BCUT2D eigenvalue weighted by Gasteiger charge is -2.25. The molecule has 0 amide bonds. The van der Waals surface area contributed by atoms with E-state index in [2.05, 4.69) is 10.5 Å². The number of aryl methyl sites for hydroxylation is 1. The van der Waals surface area contributed by atoms with Gasteiger partial charge < -0.3 is 9.84 Å². The van der Waals surface area contributed by atoms with Crippen molar-refractivity contribution in [3.05, 3.63) is 17.5 Å². The average molecular weight is 273 g/mol. The van der Waals surface area contributed by atoms with Crippen LogP contribution in [0.15, 0.2) is 10.6 Å². The first kappa shape index (κ1) is 13.5. The largest absolute Gasteiger partial charge is 0.361 e. The SMILES string of the molecule is CCN(C1CCNC1)S(=O)(=O)Cc1cc(C)on1. The summed E-state index contributed by atoms with van der Waals surface area (Å²) in [5, 5.41) is 6.93. The molecular formula is C11H19N3O3S. The topological polar surface area (TPSA) is 75.4 Å². The van der Waals surface area contributed by atoms with Gasteiger partial charge in [0.15, 0.2) is 0 Å². The third kappa shape index (κ3) is 2.90. The van der Waals surface area contributed by atoms with Gasteiger partial charge in [0.25, 0.3) is 0 Å². The highest BCUT2D eigenvalue weighted by Gasteiger charge is 2.31. The molecule has 0 radical (unpaired) electrons.